The maximum absolute atomic E-state index is 12.0. The molecule has 18 heavy (non-hydrogen) atoms. The molecule has 4 heteroatoms. The van der Waals surface area contributed by atoms with Crippen molar-refractivity contribution in [1.29, 1.82) is 0 Å². The predicted molar refractivity (Wildman–Crippen MR) is 77.1 cm³/mol. The van der Waals surface area contributed by atoms with Crippen molar-refractivity contribution in [3.8, 4) is 0 Å². The maximum atomic E-state index is 12.0. The molecule has 0 atom stereocenters. The molecule has 1 heterocycles. The summed E-state index contributed by atoms with van der Waals surface area (Å²) in [5, 5.41) is 6.35. The number of carbonyl (C=O) groups excluding carboxylic acids is 1. The summed E-state index contributed by atoms with van der Waals surface area (Å²) in [6.07, 6.45) is 4.89. The molecular weight excluding hydrogens is 244 g/mol. The molecule has 98 valence electrons. The number of benzene rings is 1. The summed E-state index contributed by atoms with van der Waals surface area (Å²) in [5.74, 6) is 0.677. The fourth-order valence-electron chi connectivity index (χ4n) is 2.30. The lowest BCUT2D eigenvalue weighted by molar-refractivity contribution is -0.117. The summed E-state index contributed by atoms with van der Waals surface area (Å²) < 4.78 is 0. The van der Waals surface area contributed by atoms with Crippen LogP contribution in [0.3, 0.4) is 0 Å². The highest BCUT2D eigenvalue weighted by Crippen LogP contribution is 2.25. The van der Waals surface area contributed by atoms with Crippen molar-refractivity contribution < 1.29 is 4.79 Å². The summed E-state index contributed by atoms with van der Waals surface area (Å²) in [7, 11) is 0. The van der Waals surface area contributed by atoms with Crippen molar-refractivity contribution in [3.63, 3.8) is 0 Å². The first kappa shape index (κ1) is 13.4. The van der Waals surface area contributed by atoms with Gasteiger partial charge in [0.15, 0.2) is 0 Å². The molecule has 1 aromatic rings. The molecule has 0 saturated carbocycles. The number of piperidine rings is 1. The Hall–Kier alpha value is -1.00. The van der Waals surface area contributed by atoms with E-state index in [1.807, 2.05) is 30.5 Å². The quantitative estimate of drug-likeness (QED) is 0.822. The smallest absolute Gasteiger partial charge is 0.224 e. The molecule has 1 saturated heterocycles. The van der Waals surface area contributed by atoms with E-state index in [1.165, 1.54) is 0 Å². The maximum Gasteiger partial charge on any atom is 0.224 e. The van der Waals surface area contributed by atoms with Gasteiger partial charge in [0.2, 0.25) is 5.91 Å². The van der Waals surface area contributed by atoms with E-state index in [2.05, 4.69) is 10.6 Å². The molecule has 3 nitrogen and oxygen atoms in total. The second-order valence-corrected chi connectivity index (χ2v) is 5.49. The third-order valence-electron chi connectivity index (χ3n) is 3.31. The van der Waals surface area contributed by atoms with E-state index in [9.17, 15) is 4.79 Å². The Labute approximate surface area is 113 Å². The van der Waals surface area contributed by atoms with Gasteiger partial charge in [-0.25, -0.2) is 0 Å². The Morgan fingerprint density at radius 2 is 2.11 bits per heavy atom. The van der Waals surface area contributed by atoms with Gasteiger partial charge >= 0.3 is 0 Å². The lowest BCUT2D eigenvalue weighted by Crippen LogP contribution is -2.30. The number of thioether (sulfide) groups is 1. The zero-order chi connectivity index (χ0) is 12.8. The lowest BCUT2D eigenvalue weighted by atomic mass is 9.94. The minimum Gasteiger partial charge on any atom is -0.325 e. The van der Waals surface area contributed by atoms with Crippen LogP contribution in [0.15, 0.2) is 29.2 Å². The van der Waals surface area contributed by atoms with E-state index in [-0.39, 0.29) is 5.91 Å². The lowest BCUT2D eigenvalue weighted by Gasteiger charge is -2.22. The molecule has 0 spiro atoms. The van der Waals surface area contributed by atoms with Crippen LogP contribution in [0.4, 0.5) is 5.69 Å². The SMILES string of the molecule is CSc1ccccc1NC(=O)CC1CCNCC1. The zero-order valence-corrected chi connectivity index (χ0v) is 11.6. The van der Waals surface area contributed by atoms with E-state index in [1.54, 1.807) is 11.8 Å². The summed E-state index contributed by atoms with van der Waals surface area (Å²) in [6, 6.07) is 7.95. The third kappa shape index (κ3) is 3.75. The van der Waals surface area contributed by atoms with Crippen molar-refractivity contribution in [2.75, 3.05) is 24.7 Å². The van der Waals surface area contributed by atoms with Gasteiger partial charge in [-0.2, -0.15) is 0 Å². The third-order valence-corrected chi connectivity index (χ3v) is 4.11. The standard InChI is InChI=1S/C14H20N2OS/c1-18-13-5-3-2-4-12(13)16-14(17)10-11-6-8-15-9-7-11/h2-5,11,15H,6-10H2,1H3,(H,16,17). The van der Waals surface area contributed by atoms with Crippen molar-refractivity contribution in [3.05, 3.63) is 24.3 Å². The minimum atomic E-state index is 0.142. The molecule has 0 aromatic heterocycles. The van der Waals surface area contributed by atoms with E-state index in [0.717, 1.165) is 36.5 Å². The molecule has 0 aliphatic carbocycles. The minimum absolute atomic E-state index is 0.142. The molecule has 2 rings (SSSR count). The first-order valence-electron chi connectivity index (χ1n) is 6.43. The summed E-state index contributed by atoms with van der Waals surface area (Å²) in [5.41, 5.74) is 0.934. The number of para-hydroxylation sites is 1. The molecule has 1 aliphatic heterocycles. The van der Waals surface area contributed by atoms with Crippen LogP contribution in [0.5, 0.6) is 0 Å². The molecule has 0 radical (unpaired) electrons. The van der Waals surface area contributed by atoms with Crippen LogP contribution >= 0.6 is 11.8 Å². The second kappa shape index (κ2) is 6.81. The molecule has 1 aromatic carbocycles. The van der Waals surface area contributed by atoms with Gasteiger partial charge in [-0.05, 0) is 50.2 Å². The number of amides is 1. The summed E-state index contributed by atoms with van der Waals surface area (Å²) in [4.78, 5) is 13.1. The van der Waals surface area contributed by atoms with Crippen LogP contribution in [0, 0.1) is 5.92 Å². The molecular formula is C14H20N2OS. The predicted octanol–water partition coefficient (Wildman–Crippen LogP) is 2.74. The van der Waals surface area contributed by atoms with Crippen LogP contribution in [0.1, 0.15) is 19.3 Å². The Kier molecular flexibility index (Phi) is 5.08. The van der Waals surface area contributed by atoms with Gasteiger partial charge in [0.25, 0.3) is 0 Å². The first-order chi connectivity index (χ1) is 8.79. The highest BCUT2D eigenvalue weighted by molar-refractivity contribution is 7.98. The topological polar surface area (TPSA) is 41.1 Å². The Bertz CT molecular complexity index is 403. The summed E-state index contributed by atoms with van der Waals surface area (Å²) in [6.45, 7) is 2.08. The molecule has 0 bridgehead atoms. The average Bonchev–Trinajstić information content (AvgIpc) is 2.40. The van der Waals surface area contributed by atoms with Crippen molar-refractivity contribution in [2.24, 2.45) is 5.92 Å². The van der Waals surface area contributed by atoms with Gasteiger partial charge in [-0.1, -0.05) is 12.1 Å². The van der Waals surface area contributed by atoms with E-state index < -0.39 is 0 Å². The van der Waals surface area contributed by atoms with Gasteiger partial charge in [-0.15, -0.1) is 11.8 Å². The Morgan fingerprint density at radius 3 is 2.83 bits per heavy atom. The van der Waals surface area contributed by atoms with Crippen molar-refractivity contribution >= 4 is 23.4 Å². The number of hydrogen-bond donors (Lipinski definition) is 2. The second-order valence-electron chi connectivity index (χ2n) is 4.65. The van der Waals surface area contributed by atoms with E-state index in [4.69, 9.17) is 0 Å². The van der Waals surface area contributed by atoms with Gasteiger partial charge < -0.3 is 10.6 Å². The van der Waals surface area contributed by atoms with Crippen LogP contribution in [-0.4, -0.2) is 25.3 Å². The van der Waals surface area contributed by atoms with Gasteiger partial charge in [0, 0.05) is 11.3 Å². The number of rotatable bonds is 4. The van der Waals surface area contributed by atoms with Crippen molar-refractivity contribution in [1.82, 2.24) is 5.32 Å². The normalized spacial score (nSPS) is 16.5. The molecule has 0 unspecified atom stereocenters. The van der Waals surface area contributed by atoms with Crippen molar-refractivity contribution in [2.45, 2.75) is 24.2 Å². The monoisotopic (exact) mass is 264 g/mol. The van der Waals surface area contributed by atoms with Crippen LogP contribution in [0.25, 0.3) is 0 Å². The highest BCUT2D eigenvalue weighted by Gasteiger charge is 2.17. The van der Waals surface area contributed by atoms with E-state index >= 15 is 0 Å². The molecule has 1 aliphatic rings. The fraction of sp³-hybridized carbons (Fsp3) is 0.500. The molecule has 2 N–H and O–H groups in total. The summed E-state index contributed by atoms with van der Waals surface area (Å²) >= 11 is 1.66. The fourth-order valence-corrected chi connectivity index (χ4v) is 2.85. The van der Waals surface area contributed by atoms with Crippen LogP contribution in [-0.2, 0) is 4.79 Å². The Balaban J connectivity index is 1.90. The number of nitrogens with one attached hydrogen (secondary N) is 2. The number of hydrogen-bond acceptors (Lipinski definition) is 3. The number of anilines is 1. The van der Waals surface area contributed by atoms with Crippen LogP contribution in [0.2, 0.25) is 0 Å². The zero-order valence-electron chi connectivity index (χ0n) is 10.7. The number of carbonyl (C=O) groups is 1. The Morgan fingerprint density at radius 1 is 1.39 bits per heavy atom. The largest absolute Gasteiger partial charge is 0.325 e. The average molecular weight is 264 g/mol. The highest BCUT2D eigenvalue weighted by atomic mass is 32.2. The first-order valence-corrected chi connectivity index (χ1v) is 7.65. The van der Waals surface area contributed by atoms with Crippen LogP contribution < -0.4 is 10.6 Å². The van der Waals surface area contributed by atoms with Gasteiger partial charge in [-0.3, -0.25) is 4.79 Å². The van der Waals surface area contributed by atoms with Gasteiger partial charge in [0.1, 0.15) is 0 Å². The molecule has 1 fully saturated rings. The van der Waals surface area contributed by atoms with Gasteiger partial charge in [0.05, 0.1) is 5.69 Å². The van der Waals surface area contributed by atoms with E-state index in [0.29, 0.717) is 12.3 Å². The molecule has 1 amide bonds.